The maximum Gasteiger partial charge on any atom is 0.137 e. The average molecular weight is 469 g/mol. The smallest absolute Gasteiger partial charge is 0.137 e. The Hall–Kier alpha value is -2.12. The Morgan fingerprint density at radius 1 is 0.912 bits per heavy atom. The van der Waals surface area contributed by atoms with E-state index in [1.54, 1.807) is 0 Å². The van der Waals surface area contributed by atoms with Crippen LogP contribution in [0.25, 0.3) is 0 Å². The number of aliphatic hydroxyl groups is 2. The molecule has 2 aromatic rings. The number of aliphatic hydroxyl groups excluding tert-OH is 1. The third-order valence-electron chi connectivity index (χ3n) is 7.38. The van der Waals surface area contributed by atoms with Gasteiger partial charge in [0, 0.05) is 26.2 Å². The van der Waals surface area contributed by atoms with Gasteiger partial charge in [0.2, 0.25) is 0 Å². The normalized spacial score (nSPS) is 23.9. The van der Waals surface area contributed by atoms with Crippen LogP contribution in [-0.4, -0.2) is 77.7 Å². The number of aryl methyl sites for hydroxylation is 2. The summed E-state index contributed by atoms with van der Waals surface area (Å²) in [6.07, 6.45) is 2.31. The Labute approximate surface area is 204 Å². The lowest BCUT2D eigenvalue weighted by molar-refractivity contribution is -0.140. The van der Waals surface area contributed by atoms with Gasteiger partial charge in [-0.05, 0) is 87.5 Å². The van der Waals surface area contributed by atoms with Crippen molar-refractivity contribution < 1.29 is 19.7 Å². The van der Waals surface area contributed by atoms with E-state index < -0.39 is 11.7 Å². The molecule has 2 saturated heterocycles. The molecule has 34 heavy (non-hydrogen) atoms. The van der Waals surface area contributed by atoms with E-state index in [4.69, 9.17) is 9.47 Å². The monoisotopic (exact) mass is 468 g/mol. The quantitative estimate of drug-likeness (QED) is 0.588. The zero-order chi connectivity index (χ0) is 24.1. The summed E-state index contributed by atoms with van der Waals surface area (Å²) in [5, 5.41) is 21.9. The van der Waals surface area contributed by atoms with Crippen LogP contribution in [0.15, 0.2) is 36.4 Å². The minimum Gasteiger partial charge on any atom is -0.492 e. The van der Waals surface area contributed by atoms with E-state index in [0.29, 0.717) is 19.5 Å². The van der Waals surface area contributed by atoms with Crippen molar-refractivity contribution in [1.82, 2.24) is 9.80 Å². The predicted octanol–water partition coefficient (Wildman–Crippen LogP) is 3.46. The van der Waals surface area contributed by atoms with Crippen LogP contribution in [0.5, 0.6) is 11.5 Å². The summed E-state index contributed by atoms with van der Waals surface area (Å²) in [5.74, 6) is 1.70. The molecule has 2 aliphatic rings. The molecule has 2 heterocycles. The van der Waals surface area contributed by atoms with Crippen molar-refractivity contribution in [2.75, 3.05) is 45.9 Å². The molecule has 2 fully saturated rings. The fourth-order valence-corrected chi connectivity index (χ4v) is 5.01. The number of rotatable bonds is 9. The molecule has 6 nitrogen and oxygen atoms in total. The second kappa shape index (κ2) is 11.1. The van der Waals surface area contributed by atoms with Crippen molar-refractivity contribution in [3.63, 3.8) is 0 Å². The Kier molecular flexibility index (Phi) is 8.14. The molecule has 6 heteroatoms. The molecule has 0 unspecified atom stereocenters. The number of ether oxygens (including phenoxy) is 2. The van der Waals surface area contributed by atoms with Gasteiger partial charge in [-0.2, -0.15) is 0 Å². The van der Waals surface area contributed by atoms with Crippen LogP contribution in [0.2, 0.25) is 0 Å². The van der Waals surface area contributed by atoms with Crippen LogP contribution in [0.4, 0.5) is 0 Å². The van der Waals surface area contributed by atoms with Crippen LogP contribution >= 0.6 is 0 Å². The van der Waals surface area contributed by atoms with E-state index in [0.717, 1.165) is 53.4 Å². The average Bonchev–Trinajstić information content (AvgIpc) is 3.34. The van der Waals surface area contributed by atoms with Crippen LogP contribution < -0.4 is 9.47 Å². The van der Waals surface area contributed by atoms with Crippen molar-refractivity contribution in [3.8, 4) is 11.5 Å². The molecule has 0 saturated carbocycles. The van der Waals surface area contributed by atoms with Crippen molar-refractivity contribution in [2.24, 2.45) is 0 Å². The molecule has 186 valence electrons. The van der Waals surface area contributed by atoms with Crippen LogP contribution in [0.3, 0.4) is 0 Å². The zero-order valence-electron chi connectivity index (χ0n) is 20.9. The molecule has 2 atom stereocenters. The van der Waals surface area contributed by atoms with Crippen molar-refractivity contribution in [3.05, 3.63) is 58.7 Å². The number of β-amino-alcohol motifs (C(OH)–C–C–N with tert-alkyl or cyclic N) is 1. The molecule has 2 aliphatic heterocycles. The highest BCUT2D eigenvalue weighted by Crippen LogP contribution is 2.29. The van der Waals surface area contributed by atoms with E-state index in [1.807, 2.05) is 32.0 Å². The minimum absolute atomic E-state index is 0.0690. The summed E-state index contributed by atoms with van der Waals surface area (Å²) in [6, 6.07) is 12.3. The zero-order valence-corrected chi connectivity index (χ0v) is 20.9. The first-order valence-corrected chi connectivity index (χ1v) is 12.6. The van der Waals surface area contributed by atoms with E-state index in [-0.39, 0.29) is 6.61 Å². The fraction of sp³-hybridized carbons (Fsp3) is 0.571. The van der Waals surface area contributed by atoms with Gasteiger partial charge in [-0.3, -0.25) is 9.80 Å². The van der Waals surface area contributed by atoms with Crippen LogP contribution in [0, 0.1) is 20.8 Å². The van der Waals surface area contributed by atoms with Gasteiger partial charge >= 0.3 is 0 Å². The number of benzene rings is 2. The lowest BCUT2D eigenvalue weighted by Gasteiger charge is -2.42. The maximum absolute atomic E-state index is 11.3. The Morgan fingerprint density at radius 2 is 1.62 bits per heavy atom. The highest BCUT2D eigenvalue weighted by Gasteiger charge is 2.42. The van der Waals surface area contributed by atoms with Crippen LogP contribution in [-0.2, 0) is 6.54 Å². The molecule has 2 N–H and O–H groups in total. The number of hydrogen-bond donors (Lipinski definition) is 2. The van der Waals surface area contributed by atoms with Gasteiger partial charge in [0.1, 0.15) is 30.3 Å². The summed E-state index contributed by atoms with van der Waals surface area (Å²) in [6.45, 7) is 12.1. The Morgan fingerprint density at radius 3 is 2.35 bits per heavy atom. The lowest BCUT2D eigenvalue weighted by atomic mass is 9.90. The van der Waals surface area contributed by atoms with Gasteiger partial charge in [0.15, 0.2) is 0 Å². The fourth-order valence-electron chi connectivity index (χ4n) is 5.01. The number of likely N-dealkylation sites (tertiary alicyclic amines) is 2. The molecule has 0 radical (unpaired) electrons. The summed E-state index contributed by atoms with van der Waals surface area (Å²) >= 11 is 0. The van der Waals surface area contributed by atoms with Gasteiger partial charge in [-0.1, -0.05) is 24.3 Å². The number of piperidine rings is 1. The van der Waals surface area contributed by atoms with Gasteiger partial charge in [0.25, 0.3) is 0 Å². The van der Waals surface area contributed by atoms with E-state index in [1.165, 1.54) is 25.9 Å². The molecule has 4 rings (SSSR count). The second-order valence-electron chi connectivity index (χ2n) is 10.1. The van der Waals surface area contributed by atoms with E-state index in [2.05, 4.69) is 34.9 Å². The SMILES string of the molecule is Cc1ccc(C)c(OC[C@@]2(O)CN(Cc3ccc(OCCN4CCCC4)cc3)CC[C@@H]2O)c1C. The second-order valence-corrected chi connectivity index (χ2v) is 10.1. The first-order chi connectivity index (χ1) is 16.3. The third kappa shape index (κ3) is 6.11. The topological polar surface area (TPSA) is 65.4 Å². The first-order valence-electron chi connectivity index (χ1n) is 12.6. The third-order valence-corrected chi connectivity index (χ3v) is 7.38. The van der Waals surface area contributed by atoms with Crippen molar-refractivity contribution in [2.45, 2.75) is 58.3 Å². The van der Waals surface area contributed by atoms with Gasteiger partial charge in [-0.25, -0.2) is 0 Å². The lowest BCUT2D eigenvalue weighted by Crippen LogP contribution is -2.59. The summed E-state index contributed by atoms with van der Waals surface area (Å²) in [5.41, 5.74) is 3.13. The first kappa shape index (κ1) is 25.0. The minimum atomic E-state index is -1.31. The summed E-state index contributed by atoms with van der Waals surface area (Å²) < 4.78 is 12.0. The highest BCUT2D eigenvalue weighted by molar-refractivity contribution is 5.44. The molecular formula is C28H40N2O4. The maximum atomic E-state index is 11.3. The molecule has 0 spiro atoms. The molecule has 2 aromatic carbocycles. The summed E-state index contributed by atoms with van der Waals surface area (Å²) in [4.78, 5) is 4.64. The molecule has 0 aromatic heterocycles. The van der Waals surface area contributed by atoms with E-state index in [9.17, 15) is 10.2 Å². The van der Waals surface area contributed by atoms with Crippen LogP contribution in [0.1, 0.15) is 41.5 Å². The van der Waals surface area contributed by atoms with Crippen molar-refractivity contribution >= 4 is 0 Å². The summed E-state index contributed by atoms with van der Waals surface area (Å²) in [7, 11) is 0. The van der Waals surface area contributed by atoms with Crippen molar-refractivity contribution in [1.29, 1.82) is 0 Å². The predicted molar refractivity (Wildman–Crippen MR) is 135 cm³/mol. The van der Waals surface area contributed by atoms with Gasteiger partial charge < -0.3 is 19.7 Å². The molecular weight excluding hydrogens is 428 g/mol. The Bertz CT molecular complexity index is 942. The number of hydrogen-bond acceptors (Lipinski definition) is 6. The van der Waals surface area contributed by atoms with E-state index >= 15 is 0 Å². The highest BCUT2D eigenvalue weighted by atomic mass is 16.5. The van der Waals surface area contributed by atoms with Gasteiger partial charge in [0.05, 0.1) is 6.10 Å². The Balaban J connectivity index is 1.30. The molecule has 0 bridgehead atoms. The largest absolute Gasteiger partial charge is 0.492 e. The number of nitrogens with zero attached hydrogens (tertiary/aromatic N) is 2. The molecule has 0 amide bonds. The molecule has 0 aliphatic carbocycles. The standard InChI is InChI=1S/C28H40N2O4/c1-21-6-7-22(2)27(23(21)3)34-20-28(32)19-30(15-12-26(28)31)18-24-8-10-25(11-9-24)33-17-16-29-13-4-5-14-29/h6-11,26,31-32H,4-5,12-20H2,1-3H3/t26-,28-/m0/s1. The van der Waals surface area contributed by atoms with Gasteiger partial charge in [-0.15, -0.1) is 0 Å².